The zero-order valence-corrected chi connectivity index (χ0v) is 20.1. The van der Waals surface area contributed by atoms with E-state index in [9.17, 15) is 13.6 Å². The van der Waals surface area contributed by atoms with E-state index in [-0.39, 0.29) is 54.3 Å². The van der Waals surface area contributed by atoms with Gasteiger partial charge in [0.25, 0.3) is 0 Å². The molecule has 10 heteroatoms. The number of carbonyl (C=O) groups is 1. The van der Waals surface area contributed by atoms with Gasteiger partial charge in [-0.15, -0.1) is 24.0 Å². The predicted octanol–water partition coefficient (Wildman–Crippen LogP) is 3.10. The van der Waals surface area contributed by atoms with Gasteiger partial charge in [-0.25, -0.2) is 0 Å². The van der Waals surface area contributed by atoms with Crippen LogP contribution >= 0.6 is 24.0 Å². The molecule has 1 aliphatic heterocycles. The average molecular weight is 551 g/mol. The van der Waals surface area contributed by atoms with E-state index in [0.717, 1.165) is 19.3 Å². The fraction of sp³-hybridized carbons (Fsp3) is 0.619. The zero-order chi connectivity index (χ0) is 21.3. The summed E-state index contributed by atoms with van der Waals surface area (Å²) >= 11 is 0. The van der Waals surface area contributed by atoms with E-state index in [2.05, 4.69) is 25.7 Å². The number of nitrogens with zero attached hydrogens (tertiary/aromatic N) is 2. The van der Waals surface area contributed by atoms with Gasteiger partial charge in [0.15, 0.2) is 5.96 Å². The maximum Gasteiger partial charge on any atom is 0.387 e. The predicted molar refractivity (Wildman–Crippen MR) is 129 cm³/mol. The second kappa shape index (κ2) is 12.9. The van der Waals surface area contributed by atoms with Crippen LogP contribution in [0.2, 0.25) is 0 Å². The summed E-state index contributed by atoms with van der Waals surface area (Å²) in [6.45, 7) is -1.36. The minimum absolute atomic E-state index is 0. The summed E-state index contributed by atoms with van der Waals surface area (Å²) < 4.78 is 30.0. The molecule has 31 heavy (non-hydrogen) atoms. The Morgan fingerprint density at radius 3 is 2.61 bits per heavy atom. The number of anilines is 1. The second-order valence-electron chi connectivity index (χ2n) is 7.75. The van der Waals surface area contributed by atoms with Crippen molar-refractivity contribution < 1.29 is 18.3 Å². The largest absolute Gasteiger partial charge is 0.433 e. The van der Waals surface area contributed by atoms with Crippen molar-refractivity contribution in [3.8, 4) is 5.75 Å². The van der Waals surface area contributed by atoms with Crippen LogP contribution in [0.5, 0.6) is 5.75 Å². The van der Waals surface area contributed by atoms with E-state index < -0.39 is 6.61 Å². The molecule has 1 aliphatic carbocycles. The zero-order valence-electron chi connectivity index (χ0n) is 17.8. The Balaban J connectivity index is 0.00000341. The van der Waals surface area contributed by atoms with E-state index in [1.807, 2.05) is 4.90 Å². The number of rotatable bonds is 7. The van der Waals surface area contributed by atoms with E-state index in [1.165, 1.54) is 19.3 Å². The number of hydrogen-bond acceptors (Lipinski definition) is 4. The molecule has 0 aromatic heterocycles. The fourth-order valence-corrected chi connectivity index (χ4v) is 4.09. The summed E-state index contributed by atoms with van der Waals surface area (Å²) in [4.78, 5) is 18.4. The van der Waals surface area contributed by atoms with Crippen molar-refractivity contribution in [2.24, 2.45) is 4.99 Å². The van der Waals surface area contributed by atoms with Crippen LogP contribution in [-0.2, 0) is 4.79 Å². The number of halogens is 3. The van der Waals surface area contributed by atoms with E-state index in [1.54, 1.807) is 31.3 Å². The summed E-state index contributed by atoms with van der Waals surface area (Å²) in [5, 5.41) is 9.45. The second-order valence-corrected chi connectivity index (χ2v) is 7.75. The normalized spacial score (nSPS) is 19.7. The van der Waals surface area contributed by atoms with Gasteiger partial charge in [0, 0.05) is 32.2 Å². The van der Waals surface area contributed by atoms with Crippen molar-refractivity contribution >= 4 is 41.5 Å². The van der Waals surface area contributed by atoms with Gasteiger partial charge in [-0.2, -0.15) is 8.78 Å². The summed E-state index contributed by atoms with van der Waals surface area (Å²) in [5.74, 6) is 0.698. The minimum Gasteiger partial charge on any atom is -0.433 e. The third-order valence-electron chi connectivity index (χ3n) is 5.56. The van der Waals surface area contributed by atoms with Crippen LogP contribution in [0, 0.1) is 0 Å². The molecular formula is C21H32F2IN5O2. The lowest BCUT2D eigenvalue weighted by Crippen LogP contribution is -2.49. The Morgan fingerprint density at radius 2 is 1.90 bits per heavy atom. The lowest BCUT2D eigenvalue weighted by molar-refractivity contribution is -0.120. The first-order chi connectivity index (χ1) is 14.5. The molecule has 1 aromatic rings. The molecule has 0 spiro atoms. The number of para-hydroxylation sites is 2. The van der Waals surface area contributed by atoms with Crippen molar-refractivity contribution in [1.29, 1.82) is 0 Å². The quantitative estimate of drug-likeness (QED) is 0.276. The van der Waals surface area contributed by atoms with Crippen LogP contribution in [0.15, 0.2) is 29.3 Å². The summed E-state index contributed by atoms with van der Waals surface area (Å²) in [6.07, 6.45) is 6.51. The SMILES string of the molecule is CN=C(NCC(=O)NC1CCCCC1)NC1CCN(c2ccccc2OC(F)F)C1.I. The number of carbonyl (C=O) groups excluding carboxylic acids is 1. The van der Waals surface area contributed by atoms with E-state index in [0.29, 0.717) is 24.7 Å². The average Bonchev–Trinajstić information content (AvgIpc) is 3.20. The Kier molecular flexibility index (Phi) is 10.6. The molecule has 0 bridgehead atoms. The number of guanidine groups is 1. The molecule has 3 N–H and O–H groups in total. The third kappa shape index (κ3) is 7.97. The molecule has 1 amide bonds. The standard InChI is InChI=1S/C21H31F2N5O2.HI/c1-24-21(25-13-19(29)26-15-7-3-2-4-8-15)27-16-11-12-28(14-16)17-9-5-6-10-18(17)30-20(22)23;/h5-6,9-10,15-16,20H,2-4,7-8,11-14H2,1H3,(H,26,29)(H2,24,25,27);1H. The summed E-state index contributed by atoms with van der Waals surface area (Å²) in [5.41, 5.74) is 0.650. The number of hydrogen-bond donors (Lipinski definition) is 3. The molecule has 3 rings (SSSR count). The van der Waals surface area contributed by atoms with Crippen LogP contribution in [0.3, 0.4) is 0 Å². The minimum atomic E-state index is -2.86. The van der Waals surface area contributed by atoms with Gasteiger partial charge in [-0.1, -0.05) is 31.4 Å². The van der Waals surface area contributed by atoms with Gasteiger partial charge in [0.2, 0.25) is 5.91 Å². The highest BCUT2D eigenvalue weighted by Gasteiger charge is 2.26. The highest BCUT2D eigenvalue weighted by atomic mass is 127. The Bertz CT molecular complexity index is 731. The molecule has 7 nitrogen and oxygen atoms in total. The van der Waals surface area contributed by atoms with Crippen LogP contribution < -0.4 is 25.6 Å². The smallest absolute Gasteiger partial charge is 0.387 e. The molecule has 1 heterocycles. The Labute approximate surface area is 199 Å². The lowest BCUT2D eigenvalue weighted by Gasteiger charge is -2.24. The molecule has 1 saturated heterocycles. The molecule has 1 atom stereocenters. The van der Waals surface area contributed by atoms with Gasteiger partial charge in [0.05, 0.1) is 12.2 Å². The summed E-state index contributed by atoms with van der Waals surface area (Å²) in [6, 6.07) is 7.17. The first-order valence-corrected chi connectivity index (χ1v) is 10.6. The number of aliphatic imine (C=N–C) groups is 1. The number of amides is 1. The number of alkyl halides is 2. The van der Waals surface area contributed by atoms with Crippen molar-refractivity contribution in [1.82, 2.24) is 16.0 Å². The van der Waals surface area contributed by atoms with Crippen LogP contribution in [-0.4, -0.2) is 57.2 Å². The van der Waals surface area contributed by atoms with Gasteiger partial charge in [-0.05, 0) is 31.4 Å². The molecular weight excluding hydrogens is 519 g/mol. The molecule has 1 saturated carbocycles. The summed E-state index contributed by atoms with van der Waals surface area (Å²) in [7, 11) is 1.66. The topological polar surface area (TPSA) is 78.0 Å². The van der Waals surface area contributed by atoms with Crippen molar-refractivity contribution in [3.05, 3.63) is 24.3 Å². The van der Waals surface area contributed by atoms with Crippen molar-refractivity contribution in [2.75, 3.05) is 31.6 Å². The number of benzene rings is 1. The van der Waals surface area contributed by atoms with E-state index in [4.69, 9.17) is 0 Å². The number of nitrogens with one attached hydrogen (secondary N) is 3. The Morgan fingerprint density at radius 1 is 1.16 bits per heavy atom. The molecule has 1 aromatic carbocycles. The van der Waals surface area contributed by atoms with Crippen LogP contribution in [0.25, 0.3) is 0 Å². The molecule has 0 radical (unpaired) electrons. The van der Waals surface area contributed by atoms with Crippen LogP contribution in [0.1, 0.15) is 38.5 Å². The van der Waals surface area contributed by atoms with Gasteiger partial charge in [0.1, 0.15) is 5.75 Å². The van der Waals surface area contributed by atoms with Crippen LogP contribution in [0.4, 0.5) is 14.5 Å². The molecule has 1 unspecified atom stereocenters. The Hall–Kier alpha value is -1.85. The maximum atomic E-state index is 12.7. The third-order valence-corrected chi connectivity index (χ3v) is 5.56. The molecule has 2 fully saturated rings. The van der Waals surface area contributed by atoms with Gasteiger partial charge in [-0.3, -0.25) is 9.79 Å². The van der Waals surface area contributed by atoms with Gasteiger partial charge < -0.3 is 25.6 Å². The molecule has 2 aliphatic rings. The molecule has 174 valence electrons. The first kappa shape index (κ1) is 25.4. The highest BCUT2D eigenvalue weighted by molar-refractivity contribution is 14.0. The van der Waals surface area contributed by atoms with Gasteiger partial charge >= 0.3 is 6.61 Å². The number of ether oxygens (including phenoxy) is 1. The van der Waals surface area contributed by atoms with Crippen molar-refractivity contribution in [3.63, 3.8) is 0 Å². The highest BCUT2D eigenvalue weighted by Crippen LogP contribution is 2.31. The van der Waals surface area contributed by atoms with E-state index >= 15 is 0 Å². The fourth-order valence-electron chi connectivity index (χ4n) is 4.09. The maximum absolute atomic E-state index is 12.7. The lowest BCUT2D eigenvalue weighted by atomic mass is 9.95. The monoisotopic (exact) mass is 551 g/mol. The van der Waals surface area contributed by atoms with Crippen molar-refractivity contribution in [2.45, 2.75) is 57.2 Å². The first-order valence-electron chi connectivity index (χ1n) is 10.6.